The van der Waals surface area contributed by atoms with Crippen molar-refractivity contribution in [3.05, 3.63) is 152 Å². The maximum Gasteiger partial charge on any atom is 0.227 e. The van der Waals surface area contributed by atoms with Crippen molar-refractivity contribution < 1.29 is 14.8 Å². The first-order valence-electron chi connectivity index (χ1n) is 12.3. The molecule has 1 aliphatic rings. The minimum Gasteiger partial charge on any atom is -0.384 e. The Balaban J connectivity index is 1.79. The van der Waals surface area contributed by atoms with Gasteiger partial charge in [0.25, 0.3) is 0 Å². The van der Waals surface area contributed by atoms with Crippen molar-refractivity contribution in [2.75, 3.05) is 0 Å². The van der Waals surface area contributed by atoms with E-state index in [2.05, 4.69) is 0 Å². The van der Waals surface area contributed by atoms with Crippen LogP contribution in [-0.2, 0) is 5.60 Å². The van der Waals surface area contributed by atoms with Crippen molar-refractivity contribution in [2.24, 2.45) is 5.92 Å². The van der Waals surface area contributed by atoms with Gasteiger partial charge in [0, 0.05) is 20.5 Å². The summed E-state index contributed by atoms with van der Waals surface area (Å²) in [4.78, 5) is 26.8. The van der Waals surface area contributed by atoms with E-state index in [0.29, 0.717) is 32.3 Å². The third-order valence-corrected chi connectivity index (χ3v) is 8.10. The smallest absolute Gasteiger partial charge is 0.227 e. The van der Waals surface area contributed by atoms with Crippen LogP contribution in [-0.4, -0.2) is 21.9 Å². The normalized spacial score (nSPS) is 25.0. The number of rotatable bonds is 6. The average molecular weight is 546 g/mol. The Labute approximate surface area is 230 Å². The second-order valence-electron chi connectivity index (χ2n) is 9.71. The average Bonchev–Trinajstić information content (AvgIpc) is 2.94. The summed E-state index contributed by atoms with van der Waals surface area (Å²) < 4.78 is 0. The van der Waals surface area contributed by atoms with Crippen LogP contribution in [0.25, 0.3) is 0 Å². The van der Waals surface area contributed by atoms with Crippen LogP contribution in [0.5, 0.6) is 0 Å². The summed E-state index contributed by atoms with van der Waals surface area (Å²) in [5.41, 5.74) is 0.468. The molecule has 0 spiro atoms. The van der Waals surface area contributed by atoms with Crippen molar-refractivity contribution in [1.29, 1.82) is 0 Å². The van der Waals surface area contributed by atoms with Crippen molar-refractivity contribution in [1.82, 2.24) is 0 Å². The lowest BCUT2D eigenvalue weighted by Crippen LogP contribution is -2.55. The maximum absolute atomic E-state index is 14.3. The second-order valence-corrected chi connectivity index (χ2v) is 10.6. The van der Waals surface area contributed by atoms with Crippen LogP contribution in [0.3, 0.4) is 0 Å². The topological polar surface area (TPSA) is 80.4 Å². The molecule has 0 bridgehead atoms. The molecule has 0 amide bonds. The molecule has 0 radical (unpaired) electrons. The zero-order valence-electron chi connectivity index (χ0n) is 20.3. The van der Waals surface area contributed by atoms with Gasteiger partial charge in [-0.25, -0.2) is 0 Å². The number of benzene rings is 4. The Morgan fingerprint density at radius 2 is 1.29 bits per heavy atom. The fraction of sp³-hybridized carbons (Fsp3) is 0.194. The Kier molecular flexibility index (Phi) is 7.35. The van der Waals surface area contributed by atoms with Crippen molar-refractivity contribution in [2.45, 2.75) is 29.9 Å². The van der Waals surface area contributed by atoms with Crippen LogP contribution in [0, 0.1) is 16.0 Å². The molecule has 1 fully saturated rings. The van der Waals surface area contributed by atoms with E-state index in [4.69, 9.17) is 23.2 Å². The fourth-order valence-corrected chi connectivity index (χ4v) is 6.14. The molecule has 192 valence electrons. The van der Waals surface area contributed by atoms with Gasteiger partial charge in [-0.2, -0.15) is 0 Å². The Bertz CT molecular complexity index is 1430. The molecule has 5 nitrogen and oxygen atoms in total. The van der Waals surface area contributed by atoms with Gasteiger partial charge in [-0.1, -0.05) is 108 Å². The molecule has 5 rings (SSSR count). The van der Waals surface area contributed by atoms with Gasteiger partial charge in [-0.3, -0.25) is 14.9 Å². The molecule has 5 unspecified atom stereocenters. The molecule has 0 saturated heterocycles. The number of halogens is 2. The molecule has 5 atom stereocenters. The van der Waals surface area contributed by atoms with Gasteiger partial charge >= 0.3 is 0 Å². The summed E-state index contributed by atoms with van der Waals surface area (Å²) >= 11 is 12.3. The van der Waals surface area contributed by atoms with Crippen molar-refractivity contribution >= 4 is 29.0 Å². The highest BCUT2D eigenvalue weighted by Gasteiger charge is 2.61. The number of Topliss-reactive ketones (excluding diaryl/α,β-unsaturated/α-hetero) is 1. The molecule has 4 aromatic rings. The highest BCUT2D eigenvalue weighted by atomic mass is 35.5. The summed E-state index contributed by atoms with van der Waals surface area (Å²) in [6.45, 7) is 0. The standard InChI is InChI=1S/C31H25Cl2NO4/c32-24-15-11-20(12-16-24)26-19-31(36,23-9-5-2-6-10-23)28(30(35)22-7-3-1-4-8-22)27(29(26)34(37)38)21-13-17-25(33)18-14-21/h1-18,26-29,36H,19H2. The minimum absolute atomic E-state index is 0.0162. The van der Waals surface area contributed by atoms with E-state index in [1.54, 1.807) is 103 Å². The van der Waals surface area contributed by atoms with E-state index in [0.717, 1.165) is 0 Å². The lowest BCUT2D eigenvalue weighted by Gasteiger charge is -2.48. The van der Waals surface area contributed by atoms with Crippen LogP contribution in [0.1, 0.15) is 45.3 Å². The Hall–Kier alpha value is -3.51. The maximum atomic E-state index is 14.3. The zero-order chi connectivity index (χ0) is 26.9. The molecule has 1 N–H and O–H groups in total. The van der Waals surface area contributed by atoms with Gasteiger partial charge in [0.15, 0.2) is 5.78 Å². The molecule has 4 aromatic carbocycles. The predicted octanol–water partition coefficient (Wildman–Crippen LogP) is 7.30. The molecular formula is C31H25Cl2NO4. The van der Waals surface area contributed by atoms with E-state index in [-0.39, 0.29) is 17.1 Å². The van der Waals surface area contributed by atoms with Crippen molar-refractivity contribution in [3.8, 4) is 0 Å². The molecule has 38 heavy (non-hydrogen) atoms. The van der Waals surface area contributed by atoms with E-state index in [1.165, 1.54) is 0 Å². The van der Waals surface area contributed by atoms with Crippen LogP contribution in [0.2, 0.25) is 10.0 Å². The lowest BCUT2D eigenvalue weighted by atomic mass is 9.56. The number of nitrogens with zero attached hydrogens (tertiary/aromatic N) is 1. The number of hydrogen-bond donors (Lipinski definition) is 1. The molecule has 0 aliphatic heterocycles. The number of carbonyl (C=O) groups is 1. The van der Waals surface area contributed by atoms with Gasteiger partial charge in [0.05, 0.1) is 17.8 Å². The predicted molar refractivity (Wildman–Crippen MR) is 148 cm³/mol. The fourth-order valence-electron chi connectivity index (χ4n) is 5.89. The number of carbonyl (C=O) groups excluding carboxylic acids is 1. The molecule has 7 heteroatoms. The number of ketones is 1. The van der Waals surface area contributed by atoms with Gasteiger partial charge in [0.1, 0.15) is 5.60 Å². The second kappa shape index (κ2) is 10.7. The number of aliphatic hydroxyl groups is 1. The summed E-state index contributed by atoms with van der Waals surface area (Å²) in [5, 5.41) is 26.5. The molecule has 0 heterocycles. The van der Waals surface area contributed by atoms with Gasteiger partial charge in [-0.15, -0.1) is 0 Å². The SMILES string of the molecule is O=C(c1ccccc1)C1C(c2ccc(Cl)cc2)C([N+](=O)[O-])C(c2ccc(Cl)cc2)CC1(O)c1ccccc1. The van der Waals surface area contributed by atoms with Gasteiger partial charge in [-0.05, 0) is 47.4 Å². The summed E-state index contributed by atoms with van der Waals surface area (Å²) in [6, 6.07) is 30.1. The molecular weight excluding hydrogens is 521 g/mol. The number of nitro groups is 1. The third-order valence-electron chi connectivity index (χ3n) is 7.60. The molecule has 1 aliphatic carbocycles. The first kappa shape index (κ1) is 26.1. The first-order chi connectivity index (χ1) is 18.3. The summed E-state index contributed by atoms with van der Waals surface area (Å²) in [7, 11) is 0. The van der Waals surface area contributed by atoms with Gasteiger partial charge in [0.2, 0.25) is 6.04 Å². The van der Waals surface area contributed by atoms with E-state index in [1.807, 2.05) is 6.07 Å². The molecule has 1 saturated carbocycles. The van der Waals surface area contributed by atoms with E-state index < -0.39 is 29.4 Å². The quantitative estimate of drug-likeness (QED) is 0.156. The summed E-state index contributed by atoms with van der Waals surface area (Å²) in [5.74, 6) is -3.13. The van der Waals surface area contributed by atoms with Crippen molar-refractivity contribution in [3.63, 3.8) is 0 Å². The Morgan fingerprint density at radius 1 is 0.789 bits per heavy atom. The molecule has 0 aromatic heterocycles. The Morgan fingerprint density at radius 3 is 1.82 bits per heavy atom. The largest absolute Gasteiger partial charge is 0.384 e. The van der Waals surface area contributed by atoms with Crippen LogP contribution in [0.15, 0.2) is 109 Å². The minimum atomic E-state index is -1.70. The van der Waals surface area contributed by atoms with Crippen LogP contribution in [0.4, 0.5) is 0 Å². The highest BCUT2D eigenvalue weighted by Crippen LogP contribution is 2.55. The third kappa shape index (κ3) is 4.85. The zero-order valence-corrected chi connectivity index (χ0v) is 21.8. The monoisotopic (exact) mass is 545 g/mol. The first-order valence-corrected chi connectivity index (χ1v) is 13.1. The number of hydrogen-bond acceptors (Lipinski definition) is 4. The highest BCUT2D eigenvalue weighted by molar-refractivity contribution is 6.30. The summed E-state index contributed by atoms with van der Waals surface area (Å²) in [6.07, 6.45) is -0.0162. The van der Waals surface area contributed by atoms with Crippen LogP contribution >= 0.6 is 23.2 Å². The lowest BCUT2D eigenvalue weighted by molar-refractivity contribution is -0.538. The van der Waals surface area contributed by atoms with Gasteiger partial charge < -0.3 is 5.11 Å². The van der Waals surface area contributed by atoms with E-state index >= 15 is 0 Å². The van der Waals surface area contributed by atoms with Crippen LogP contribution < -0.4 is 0 Å². The van der Waals surface area contributed by atoms with E-state index in [9.17, 15) is 20.0 Å².